The van der Waals surface area contributed by atoms with Crippen molar-refractivity contribution in [2.24, 2.45) is 0 Å². The minimum Gasteiger partial charge on any atom is -0.326 e. The molecule has 0 bridgehead atoms. The fraction of sp³-hybridized carbons (Fsp3) is 0.462. The summed E-state index contributed by atoms with van der Waals surface area (Å²) in [7, 11) is 1.65. The molecule has 0 aliphatic rings. The molecular weight excluding hydrogens is 350 g/mol. The maximum atomic E-state index is 12.6. The molecule has 0 spiro atoms. The number of alkyl halides is 6. The third-order valence-corrected chi connectivity index (χ3v) is 2.70. The smallest absolute Gasteiger partial charge is 0.326 e. The number of carbonyl (C=O) groups is 1. The summed E-state index contributed by atoms with van der Waals surface area (Å²) in [6, 6.07) is 0.965. The van der Waals surface area contributed by atoms with Gasteiger partial charge >= 0.3 is 12.4 Å². The van der Waals surface area contributed by atoms with E-state index in [2.05, 4.69) is 10.6 Å². The van der Waals surface area contributed by atoms with Gasteiger partial charge in [0.25, 0.3) is 0 Å². The van der Waals surface area contributed by atoms with Crippen LogP contribution in [0.25, 0.3) is 0 Å². The fourth-order valence-electron chi connectivity index (χ4n) is 1.68. The summed E-state index contributed by atoms with van der Waals surface area (Å²) in [5.74, 6) is -0.650. The zero-order valence-electron chi connectivity index (χ0n) is 11.9. The van der Waals surface area contributed by atoms with Gasteiger partial charge in [0, 0.05) is 12.1 Å². The molecule has 0 saturated heterocycles. The lowest BCUT2D eigenvalue weighted by Crippen LogP contribution is -2.17. The second-order valence-corrected chi connectivity index (χ2v) is 4.55. The van der Waals surface area contributed by atoms with Crippen molar-refractivity contribution in [3.63, 3.8) is 0 Å². The molecule has 0 aliphatic heterocycles. The van der Waals surface area contributed by atoms with E-state index in [1.165, 1.54) is 0 Å². The van der Waals surface area contributed by atoms with Crippen molar-refractivity contribution in [3.8, 4) is 0 Å². The van der Waals surface area contributed by atoms with Crippen LogP contribution in [0.4, 0.5) is 32.0 Å². The lowest BCUT2D eigenvalue weighted by atomic mass is 10.1. The Morgan fingerprint density at radius 2 is 1.48 bits per heavy atom. The Kier molecular flexibility index (Phi) is 7.85. The number of carbonyl (C=O) groups excluding carboxylic acids is 1. The van der Waals surface area contributed by atoms with Crippen LogP contribution in [0.5, 0.6) is 0 Å². The summed E-state index contributed by atoms with van der Waals surface area (Å²) in [6.07, 6.45) is -9.48. The van der Waals surface area contributed by atoms with Gasteiger partial charge in [-0.2, -0.15) is 26.3 Å². The van der Waals surface area contributed by atoms with E-state index in [1.54, 1.807) is 7.05 Å². The normalized spacial score (nSPS) is 11.8. The number of hydrogen-bond acceptors (Lipinski definition) is 2. The Hall–Kier alpha value is -1.48. The summed E-state index contributed by atoms with van der Waals surface area (Å²) >= 11 is 0. The molecule has 0 saturated carbocycles. The van der Waals surface area contributed by atoms with Gasteiger partial charge in [0.2, 0.25) is 5.91 Å². The van der Waals surface area contributed by atoms with Gasteiger partial charge in [-0.25, -0.2) is 0 Å². The van der Waals surface area contributed by atoms with Crippen molar-refractivity contribution in [2.45, 2.75) is 25.2 Å². The molecule has 0 unspecified atom stereocenters. The maximum Gasteiger partial charge on any atom is 0.416 e. The first-order valence-corrected chi connectivity index (χ1v) is 6.28. The van der Waals surface area contributed by atoms with E-state index < -0.39 is 35.1 Å². The van der Waals surface area contributed by atoms with E-state index in [1.807, 2.05) is 0 Å². The zero-order valence-corrected chi connectivity index (χ0v) is 12.8. The molecule has 1 aromatic carbocycles. The first-order chi connectivity index (χ1) is 10.0. The van der Waals surface area contributed by atoms with Crippen LogP contribution in [0.15, 0.2) is 18.2 Å². The molecule has 132 valence electrons. The van der Waals surface area contributed by atoms with E-state index in [9.17, 15) is 31.1 Å². The molecule has 0 atom stereocenters. The summed E-state index contributed by atoms with van der Waals surface area (Å²) in [6.45, 7) is 0.504. The summed E-state index contributed by atoms with van der Waals surface area (Å²) in [5, 5.41) is 4.83. The van der Waals surface area contributed by atoms with Crippen molar-refractivity contribution in [2.75, 3.05) is 18.9 Å². The van der Waals surface area contributed by atoms with Crippen LogP contribution in [-0.2, 0) is 17.1 Å². The van der Waals surface area contributed by atoms with Crippen molar-refractivity contribution in [1.82, 2.24) is 5.32 Å². The van der Waals surface area contributed by atoms with E-state index >= 15 is 0 Å². The van der Waals surface area contributed by atoms with E-state index in [0.29, 0.717) is 25.1 Å². The van der Waals surface area contributed by atoms with Crippen LogP contribution in [0, 0.1) is 0 Å². The lowest BCUT2D eigenvalue weighted by molar-refractivity contribution is -0.143. The molecule has 1 rings (SSSR count). The first-order valence-electron chi connectivity index (χ1n) is 6.28. The highest BCUT2D eigenvalue weighted by Gasteiger charge is 2.37. The van der Waals surface area contributed by atoms with Crippen LogP contribution >= 0.6 is 12.4 Å². The average molecular weight is 365 g/mol. The first kappa shape index (κ1) is 21.5. The molecule has 0 aromatic heterocycles. The third kappa shape index (κ3) is 7.08. The Labute approximate surface area is 134 Å². The summed E-state index contributed by atoms with van der Waals surface area (Å²) < 4.78 is 75.8. The summed E-state index contributed by atoms with van der Waals surface area (Å²) in [5.41, 5.74) is -3.46. The Bertz CT molecular complexity index is 498. The monoisotopic (exact) mass is 364 g/mol. The molecule has 10 heteroatoms. The van der Waals surface area contributed by atoms with E-state index in [0.717, 1.165) is 0 Å². The Morgan fingerprint density at radius 1 is 1.00 bits per heavy atom. The number of hydrogen-bond donors (Lipinski definition) is 2. The largest absolute Gasteiger partial charge is 0.416 e. The van der Waals surface area contributed by atoms with E-state index in [4.69, 9.17) is 0 Å². The highest BCUT2D eigenvalue weighted by molar-refractivity contribution is 5.90. The van der Waals surface area contributed by atoms with Crippen LogP contribution in [-0.4, -0.2) is 19.5 Å². The van der Waals surface area contributed by atoms with Crippen LogP contribution in [0.1, 0.15) is 24.0 Å². The molecule has 23 heavy (non-hydrogen) atoms. The topological polar surface area (TPSA) is 41.1 Å². The minimum atomic E-state index is -4.94. The molecule has 0 heterocycles. The van der Waals surface area contributed by atoms with Gasteiger partial charge in [-0.05, 0) is 38.2 Å². The second kappa shape index (κ2) is 8.39. The van der Waals surface area contributed by atoms with Gasteiger partial charge in [-0.15, -0.1) is 12.4 Å². The predicted octanol–water partition coefficient (Wildman–Crippen LogP) is 4.08. The maximum absolute atomic E-state index is 12.6. The Morgan fingerprint density at radius 3 is 1.87 bits per heavy atom. The molecule has 0 fully saturated rings. The zero-order chi connectivity index (χ0) is 17.0. The molecule has 1 amide bonds. The Balaban J connectivity index is 0.00000484. The number of amides is 1. The van der Waals surface area contributed by atoms with Gasteiger partial charge in [-0.3, -0.25) is 4.79 Å². The van der Waals surface area contributed by atoms with Crippen molar-refractivity contribution >= 4 is 24.0 Å². The van der Waals surface area contributed by atoms with Crippen LogP contribution < -0.4 is 10.6 Å². The second-order valence-electron chi connectivity index (χ2n) is 4.55. The fourth-order valence-corrected chi connectivity index (χ4v) is 1.68. The lowest BCUT2D eigenvalue weighted by Gasteiger charge is -2.14. The SMILES string of the molecule is CNCCCC(=O)Nc1cc(C(F)(F)F)cc(C(F)(F)F)c1.Cl. The number of nitrogens with one attached hydrogen (secondary N) is 2. The van der Waals surface area contributed by atoms with E-state index in [-0.39, 0.29) is 24.9 Å². The van der Waals surface area contributed by atoms with Crippen LogP contribution in [0.2, 0.25) is 0 Å². The molecular formula is C13H15ClF6N2O. The van der Waals surface area contributed by atoms with Gasteiger partial charge < -0.3 is 10.6 Å². The van der Waals surface area contributed by atoms with Gasteiger partial charge in [0.1, 0.15) is 0 Å². The molecule has 3 nitrogen and oxygen atoms in total. The molecule has 1 aromatic rings. The average Bonchev–Trinajstić information content (AvgIpc) is 2.36. The van der Waals surface area contributed by atoms with Gasteiger partial charge in [0.05, 0.1) is 11.1 Å². The number of benzene rings is 1. The standard InChI is InChI=1S/C13H14F6N2O.ClH/c1-20-4-2-3-11(22)21-10-6-8(12(14,15)16)5-9(7-10)13(17,18)19;/h5-7,20H,2-4H2,1H3,(H,21,22);1H. The van der Waals surface area contributed by atoms with Crippen LogP contribution in [0.3, 0.4) is 0 Å². The quantitative estimate of drug-likeness (QED) is 0.610. The summed E-state index contributed by atoms with van der Waals surface area (Å²) in [4.78, 5) is 11.5. The van der Waals surface area contributed by atoms with Gasteiger partial charge in [0.15, 0.2) is 0 Å². The number of halogens is 7. The van der Waals surface area contributed by atoms with Gasteiger partial charge in [-0.1, -0.05) is 0 Å². The van der Waals surface area contributed by atoms with Crippen molar-refractivity contribution in [1.29, 1.82) is 0 Å². The third-order valence-electron chi connectivity index (χ3n) is 2.70. The minimum absolute atomic E-state index is 0. The molecule has 0 radical (unpaired) electrons. The highest BCUT2D eigenvalue weighted by atomic mass is 35.5. The molecule has 2 N–H and O–H groups in total. The number of rotatable bonds is 5. The molecule has 0 aliphatic carbocycles. The predicted molar refractivity (Wildman–Crippen MR) is 75.5 cm³/mol. The van der Waals surface area contributed by atoms with Crippen molar-refractivity contribution < 1.29 is 31.1 Å². The highest BCUT2D eigenvalue weighted by Crippen LogP contribution is 2.37. The van der Waals surface area contributed by atoms with Crippen molar-refractivity contribution in [3.05, 3.63) is 29.3 Å². The number of anilines is 1.